The molecule has 0 saturated carbocycles. The number of hydrogen-bond donors (Lipinski definition) is 0. The van der Waals surface area contributed by atoms with Crippen LogP contribution in [-0.4, -0.2) is 30.8 Å². The van der Waals surface area contributed by atoms with E-state index < -0.39 is 0 Å². The summed E-state index contributed by atoms with van der Waals surface area (Å²) < 4.78 is 0. The van der Waals surface area contributed by atoms with Gasteiger partial charge in [-0.25, -0.2) is 0 Å². The predicted octanol–water partition coefficient (Wildman–Crippen LogP) is 2.58. The fourth-order valence-corrected chi connectivity index (χ4v) is 0.364. The van der Waals surface area contributed by atoms with Crippen molar-refractivity contribution in [2.45, 2.75) is 47.6 Å². The Morgan fingerprint density at radius 1 is 1.08 bits per heavy atom. The minimum absolute atomic E-state index is 0.0648. The first-order valence-electron chi connectivity index (χ1n) is 4.72. The molecular weight excluding hydrogens is 150 g/mol. The molecule has 0 rings (SSSR count). The first-order valence-corrected chi connectivity index (χ1v) is 4.72. The summed E-state index contributed by atoms with van der Waals surface area (Å²) in [7, 11) is 3.79. The van der Waals surface area contributed by atoms with Gasteiger partial charge in [-0.2, -0.15) is 0 Å². The third kappa shape index (κ3) is 12.3. The maximum absolute atomic E-state index is 10.5. The van der Waals surface area contributed by atoms with Crippen LogP contribution in [0, 0.1) is 0 Å². The summed E-state index contributed by atoms with van der Waals surface area (Å²) in [6.45, 7) is 11.5. The minimum Gasteiger partial charge on any atom is -0.300 e. The Morgan fingerprint density at radius 2 is 1.33 bits per heavy atom. The van der Waals surface area contributed by atoms with Gasteiger partial charge in [0.25, 0.3) is 0 Å². The molecule has 0 radical (unpaired) electrons. The summed E-state index contributed by atoms with van der Waals surface area (Å²) in [6, 6.07) is 0.0648. The Morgan fingerprint density at radius 3 is 1.33 bits per heavy atom. The van der Waals surface area contributed by atoms with E-state index in [-0.39, 0.29) is 11.8 Å². The molecule has 0 bridgehead atoms. The first kappa shape index (κ1) is 17.6. The molecule has 0 aliphatic carbocycles. The van der Waals surface area contributed by atoms with Gasteiger partial charge in [-0.3, -0.25) is 9.69 Å². The number of likely N-dealkylation sites (N-methyl/N-ethyl adjacent to an activating group) is 1. The van der Waals surface area contributed by atoms with Crippen molar-refractivity contribution in [1.82, 2.24) is 4.90 Å². The zero-order valence-corrected chi connectivity index (χ0v) is 9.93. The fourth-order valence-electron chi connectivity index (χ4n) is 0.364. The molecule has 0 saturated heterocycles. The summed E-state index contributed by atoms with van der Waals surface area (Å²) in [5.41, 5.74) is 0. The summed E-state index contributed by atoms with van der Waals surface area (Å²) >= 11 is 0. The van der Waals surface area contributed by atoms with E-state index in [1.165, 1.54) is 0 Å². The standard InChI is InChI=1S/C6H13NO.2C2H6/c1-5(6(2)8)7(3)4;2*1-2/h5H,1-4H3;2*1-2H3. The highest BCUT2D eigenvalue weighted by Crippen LogP contribution is 1.90. The summed E-state index contributed by atoms with van der Waals surface area (Å²) in [5.74, 6) is 0.218. The van der Waals surface area contributed by atoms with E-state index in [1.807, 2.05) is 53.6 Å². The van der Waals surface area contributed by atoms with E-state index in [2.05, 4.69) is 0 Å². The molecule has 0 aromatic rings. The Balaban J connectivity index is -0.000000175. The van der Waals surface area contributed by atoms with Crippen molar-refractivity contribution in [3.05, 3.63) is 0 Å². The van der Waals surface area contributed by atoms with Gasteiger partial charge in [0.1, 0.15) is 5.78 Å². The molecule has 76 valence electrons. The quantitative estimate of drug-likeness (QED) is 0.643. The molecule has 12 heavy (non-hydrogen) atoms. The molecule has 1 atom stereocenters. The molecule has 1 unspecified atom stereocenters. The van der Waals surface area contributed by atoms with Gasteiger partial charge in [0.15, 0.2) is 0 Å². The maximum Gasteiger partial charge on any atom is 0.146 e. The van der Waals surface area contributed by atoms with Gasteiger partial charge in [0, 0.05) is 0 Å². The van der Waals surface area contributed by atoms with E-state index >= 15 is 0 Å². The van der Waals surface area contributed by atoms with Crippen molar-refractivity contribution in [2.24, 2.45) is 0 Å². The zero-order valence-electron chi connectivity index (χ0n) is 9.93. The van der Waals surface area contributed by atoms with Crippen molar-refractivity contribution < 1.29 is 4.79 Å². The van der Waals surface area contributed by atoms with Crippen LogP contribution in [0.2, 0.25) is 0 Å². The van der Waals surface area contributed by atoms with E-state index in [0.717, 1.165) is 0 Å². The molecule has 0 N–H and O–H groups in total. The Labute approximate surface area is 78.0 Å². The Bertz CT molecular complexity index is 89.8. The van der Waals surface area contributed by atoms with Crippen LogP contribution in [0.5, 0.6) is 0 Å². The fraction of sp³-hybridized carbons (Fsp3) is 0.900. The lowest BCUT2D eigenvalue weighted by Gasteiger charge is -2.15. The third-order valence-electron chi connectivity index (χ3n) is 1.36. The van der Waals surface area contributed by atoms with Crippen LogP contribution in [0.25, 0.3) is 0 Å². The van der Waals surface area contributed by atoms with Crippen LogP contribution in [0.15, 0.2) is 0 Å². The van der Waals surface area contributed by atoms with Crippen LogP contribution in [0.3, 0.4) is 0 Å². The predicted molar refractivity (Wildman–Crippen MR) is 56.5 cm³/mol. The minimum atomic E-state index is 0.0648. The maximum atomic E-state index is 10.5. The van der Waals surface area contributed by atoms with Gasteiger partial charge in [-0.05, 0) is 27.9 Å². The highest BCUT2D eigenvalue weighted by atomic mass is 16.1. The summed E-state index contributed by atoms with van der Waals surface area (Å²) in [5, 5.41) is 0. The van der Waals surface area contributed by atoms with Gasteiger partial charge in [-0.15, -0.1) is 0 Å². The van der Waals surface area contributed by atoms with Crippen molar-refractivity contribution in [3.63, 3.8) is 0 Å². The largest absolute Gasteiger partial charge is 0.300 e. The molecular formula is C10H25NO. The third-order valence-corrected chi connectivity index (χ3v) is 1.36. The van der Waals surface area contributed by atoms with Crippen molar-refractivity contribution >= 4 is 5.78 Å². The second-order valence-electron chi connectivity index (χ2n) is 2.25. The molecule has 0 aliphatic heterocycles. The second kappa shape index (κ2) is 13.2. The second-order valence-corrected chi connectivity index (χ2v) is 2.25. The molecule has 0 heterocycles. The highest BCUT2D eigenvalue weighted by molar-refractivity contribution is 5.80. The molecule has 2 heteroatoms. The number of nitrogens with zero attached hydrogens (tertiary/aromatic N) is 1. The van der Waals surface area contributed by atoms with Crippen molar-refractivity contribution in [2.75, 3.05) is 14.1 Å². The lowest BCUT2D eigenvalue weighted by molar-refractivity contribution is -0.120. The molecule has 2 nitrogen and oxygen atoms in total. The van der Waals surface area contributed by atoms with Crippen LogP contribution in [0.1, 0.15) is 41.5 Å². The van der Waals surface area contributed by atoms with E-state index in [4.69, 9.17) is 0 Å². The van der Waals surface area contributed by atoms with Crippen molar-refractivity contribution in [3.8, 4) is 0 Å². The molecule has 0 aromatic carbocycles. The van der Waals surface area contributed by atoms with Crippen LogP contribution >= 0.6 is 0 Å². The van der Waals surface area contributed by atoms with Gasteiger partial charge >= 0.3 is 0 Å². The normalized spacial score (nSPS) is 10.4. The molecule has 0 aliphatic rings. The van der Waals surface area contributed by atoms with Crippen LogP contribution in [-0.2, 0) is 4.79 Å². The van der Waals surface area contributed by atoms with Crippen LogP contribution in [0.4, 0.5) is 0 Å². The summed E-state index contributed by atoms with van der Waals surface area (Å²) in [6.07, 6.45) is 0. The average Bonchev–Trinajstić information content (AvgIpc) is 2.10. The first-order chi connectivity index (χ1) is 5.55. The topological polar surface area (TPSA) is 20.3 Å². The SMILES string of the molecule is CC.CC.CC(=O)C(C)N(C)C. The van der Waals surface area contributed by atoms with Gasteiger partial charge < -0.3 is 0 Å². The Kier molecular flexibility index (Phi) is 19.5. The zero-order chi connectivity index (χ0) is 10.7. The van der Waals surface area contributed by atoms with E-state index in [1.54, 1.807) is 6.92 Å². The van der Waals surface area contributed by atoms with Crippen LogP contribution < -0.4 is 0 Å². The van der Waals surface area contributed by atoms with E-state index in [9.17, 15) is 4.79 Å². The number of carbonyl (C=O) groups excluding carboxylic acids is 1. The average molecular weight is 175 g/mol. The van der Waals surface area contributed by atoms with Gasteiger partial charge in [0.2, 0.25) is 0 Å². The number of carbonyl (C=O) groups is 1. The summed E-state index contributed by atoms with van der Waals surface area (Å²) in [4.78, 5) is 12.4. The van der Waals surface area contributed by atoms with E-state index in [0.29, 0.717) is 0 Å². The van der Waals surface area contributed by atoms with Gasteiger partial charge in [-0.1, -0.05) is 27.7 Å². The molecule has 0 fully saturated rings. The number of Topliss-reactive ketones (excluding diaryl/α,β-unsaturated/α-hetero) is 1. The number of rotatable bonds is 2. The molecule has 0 amide bonds. The van der Waals surface area contributed by atoms with Crippen molar-refractivity contribution in [1.29, 1.82) is 0 Å². The smallest absolute Gasteiger partial charge is 0.146 e. The lowest BCUT2D eigenvalue weighted by Crippen LogP contribution is -2.30. The number of hydrogen-bond acceptors (Lipinski definition) is 2. The Hall–Kier alpha value is -0.370. The van der Waals surface area contributed by atoms with Gasteiger partial charge in [0.05, 0.1) is 6.04 Å². The molecule has 0 spiro atoms. The monoisotopic (exact) mass is 175 g/mol. The lowest BCUT2D eigenvalue weighted by atomic mass is 10.2. The number of ketones is 1. The molecule has 0 aromatic heterocycles. The highest BCUT2D eigenvalue weighted by Gasteiger charge is 2.07.